The molecule has 0 saturated heterocycles. The molecule has 0 aliphatic carbocycles. The van der Waals surface area contributed by atoms with Gasteiger partial charge in [0.05, 0.1) is 0 Å². The second-order valence-electron chi connectivity index (χ2n) is 19.1. The molecular formula is C67H108O6. The zero-order valence-corrected chi connectivity index (χ0v) is 47.1. The molecule has 0 amide bonds. The number of unbranched alkanes of at least 4 members (excludes halogenated alkanes) is 19. The summed E-state index contributed by atoms with van der Waals surface area (Å²) < 4.78 is 16.8. The fourth-order valence-corrected chi connectivity index (χ4v) is 7.73. The number of carbonyl (C=O) groups is 3. The Kier molecular flexibility index (Phi) is 56.4. The van der Waals surface area contributed by atoms with Gasteiger partial charge in [-0.05, 0) is 128 Å². The first-order valence-electron chi connectivity index (χ1n) is 29.7. The number of hydrogen-bond donors (Lipinski definition) is 0. The third-order valence-corrected chi connectivity index (χ3v) is 12.1. The van der Waals surface area contributed by atoms with Crippen LogP contribution in [0, 0.1) is 0 Å². The molecule has 0 unspecified atom stereocenters. The topological polar surface area (TPSA) is 78.9 Å². The van der Waals surface area contributed by atoms with Gasteiger partial charge >= 0.3 is 17.9 Å². The van der Waals surface area contributed by atoms with Crippen LogP contribution in [0.1, 0.15) is 252 Å². The molecule has 0 saturated carbocycles. The average molecular weight is 1010 g/mol. The number of allylic oxidation sites excluding steroid dienone is 22. The molecule has 0 bridgehead atoms. The SMILES string of the molecule is CC/C=C\C/C=C\C/C=C\C/C=C\C/C=C\CCCCCC(=O)OC[C@@H](COC(=O)CCC/C=C\C/C=C\C/C=C\C/C=C\C/C=C\CC)OC(=O)CCCCCCCCC/C=C\CCCCCCCCCC. The molecule has 73 heavy (non-hydrogen) atoms. The van der Waals surface area contributed by atoms with E-state index in [1.54, 1.807) is 0 Å². The highest BCUT2D eigenvalue weighted by Gasteiger charge is 2.19. The molecule has 0 radical (unpaired) electrons. The van der Waals surface area contributed by atoms with Crippen LogP contribution in [0.2, 0.25) is 0 Å². The molecule has 0 rings (SSSR count). The minimum absolute atomic E-state index is 0.119. The molecule has 1 atom stereocenters. The van der Waals surface area contributed by atoms with Crippen LogP contribution in [0.3, 0.4) is 0 Å². The Balaban J connectivity index is 4.55. The Morgan fingerprint density at radius 2 is 0.548 bits per heavy atom. The van der Waals surface area contributed by atoms with Crippen molar-refractivity contribution in [3.05, 3.63) is 134 Å². The average Bonchev–Trinajstić information content (AvgIpc) is 3.39. The van der Waals surface area contributed by atoms with Crippen LogP contribution in [-0.2, 0) is 28.6 Å². The third kappa shape index (κ3) is 58.3. The minimum atomic E-state index is -0.823. The van der Waals surface area contributed by atoms with E-state index in [0.29, 0.717) is 19.3 Å². The van der Waals surface area contributed by atoms with Gasteiger partial charge in [-0.1, -0.05) is 238 Å². The van der Waals surface area contributed by atoms with E-state index in [1.165, 1.54) is 89.9 Å². The van der Waals surface area contributed by atoms with Gasteiger partial charge in [-0.15, -0.1) is 0 Å². The summed E-state index contributed by atoms with van der Waals surface area (Å²) in [6.45, 7) is 6.33. The van der Waals surface area contributed by atoms with Crippen LogP contribution in [0.4, 0.5) is 0 Å². The first-order valence-corrected chi connectivity index (χ1v) is 29.7. The molecule has 0 N–H and O–H groups in total. The van der Waals surface area contributed by atoms with Crippen LogP contribution in [0.15, 0.2) is 134 Å². The minimum Gasteiger partial charge on any atom is -0.462 e. The maximum Gasteiger partial charge on any atom is 0.306 e. The standard InChI is InChI=1S/C67H108O6/c1-4-7-10-13-16-19-22-25-28-31-33-36-39-42-45-48-51-54-57-60-66(69)72-63-64(62-71-65(68)59-56-53-50-47-44-41-38-35-30-27-24-21-18-15-12-9-6-3)73-67(70)61-58-55-52-49-46-43-40-37-34-32-29-26-23-20-17-14-11-8-5-2/h7,9-10,12,16,18-19,21,25,27-28,30,32-34,36,38,41-42,45,47,50,64H,4-6,8,11,13-15,17,20,22-24,26,29,31,35,37,39-40,43-44,46,48-49,51-63H2,1-3H3/b10-7-,12-9-,19-16-,21-18-,28-25-,30-27-,34-32-,36-33-,41-38-,45-42-,50-47-/t64-/m1/s1. The monoisotopic (exact) mass is 1010 g/mol. The van der Waals surface area contributed by atoms with Crippen molar-refractivity contribution in [3.8, 4) is 0 Å². The molecule has 0 aromatic heterocycles. The lowest BCUT2D eigenvalue weighted by atomic mass is 10.1. The maximum absolute atomic E-state index is 12.9. The molecule has 0 heterocycles. The summed E-state index contributed by atoms with van der Waals surface area (Å²) in [6, 6.07) is 0. The van der Waals surface area contributed by atoms with Crippen molar-refractivity contribution in [2.75, 3.05) is 13.2 Å². The van der Waals surface area contributed by atoms with Crippen molar-refractivity contribution >= 4 is 17.9 Å². The lowest BCUT2D eigenvalue weighted by Gasteiger charge is -2.18. The van der Waals surface area contributed by atoms with E-state index in [1.807, 2.05) is 0 Å². The van der Waals surface area contributed by atoms with Crippen LogP contribution in [-0.4, -0.2) is 37.2 Å². The molecule has 0 aliphatic heterocycles. The molecule has 0 aromatic rings. The highest BCUT2D eigenvalue weighted by atomic mass is 16.6. The van der Waals surface area contributed by atoms with Gasteiger partial charge in [0.2, 0.25) is 0 Å². The van der Waals surface area contributed by atoms with E-state index in [2.05, 4.69) is 154 Å². The first kappa shape index (κ1) is 68.6. The smallest absolute Gasteiger partial charge is 0.306 e. The number of ether oxygens (including phenoxy) is 3. The van der Waals surface area contributed by atoms with E-state index < -0.39 is 6.10 Å². The third-order valence-electron chi connectivity index (χ3n) is 12.1. The molecule has 0 aliphatic rings. The Labute approximate surface area is 449 Å². The number of esters is 3. The van der Waals surface area contributed by atoms with Crippen LogP contribution < -0.4 is 0 Å². The van der Waals surface area contributed by atoms with Crippen molar-refractivity contribution in [1.82, 2.24) is 0 Å². The van der Waals surface area contributed by atoms with Gasteiger partial charge in [-0.3, -0.25) is 14.4 Å². The summed E-state index contributed by atoms with van der Waals surface area (Å²) in [6.07, 6.45) is 84.5. The Morgan fingerprint density at radius 1 is 0.288 bits per heavy atom. The molecule has 6 heteroatoms. The molecule has 0 spiro atoms. The van der Waals surface area contributed by atoms with Crippen molar-refractivity contribution in [2.24, 2.45) is 0 Å². The normalized spacial score (nSPS) is 13.1. The summed E-state index contributed by atoms with van der Waals surface area (Å²) in [4.78, 5) is 38.2. The second kappa shape index (κ2) is 60.1. The summed E-state index contributed by atoms with van der Waals surface area (Å²) >= 11 is 0. The fourth-order valence-electron chi connectivity index (χ4n) is 7.73. The van der Waals surface area contributed by atoms with Crippen molar-refractivity contribution < 1.29 is 28.6 Å². The van der Waals surface area contributed by atoms with E-state index in [9.17, 15) is 14.4 Å². The lowest BCUT2D eigenvalue weighted by molar-refractivity contribution is -0.167. The van der Waals surface area contributed by atoms with Gasteiger partial charge < -0.3 is 14.2 Å². The predicted molar refractivity (Wildman–Crippen MR) is 316 cm³/mol. The quantitative estimate of drug-likeness (QED) is 0.0261. The van der Waals surface area contributed by atoms with Crippen LogP contribution >= 0.6 is 0 Å². The maximum atomic E-state index is 12.9. The van der Waals surface area contributed by atoms with Gasteiger partial charge in [0, 0.05) is 19.3 Å². The fraction of sp³-hybridized carbons (Fsp3) is 0.627. The summed E-state index contributed by atoms with van der Waals surface area (Å²) in [5.41, 5.74) is 0. The number of rotatable bonds is 52. The Bertz CT molecular complexity index is 1580. The van der Waals surface area contributed by atoms with Crippen LogP contribution in [0.25, 0.3) is 0 Å². The molecule has 0 aromatic carbocycles. The van der Waals surface area contributed by atoms with E-state index in [0.717, 1.165) is 116 Å². The van der Waals surface area contributed by atoms with Crippen molar-refractivity contribution in [2.45, 2.75) is 258 Å². The van der Waals surface area contributed by atoms with Gasteiger partial charge in [0.15, 0.2) is 6.10 Å². The second-order valence-corrected chi connectivity index (χ2v) is 19.1. The highest BCUT2D eigenvalue weighted by Crippen LogP contribution is 2.14. The van der Waals surface area contributed by atoms with Gasteiger partial charge in [-0.25, -0.2) is 0 Å². The predicted octanol–water partition coefficient (Wildman–Crippen LogP) is 20.2. The van der Waals surface area contributed by atoms with E-state index in [-0.39, 0.29) is 37.5 Å². The van der Waals surface area contributed by atoms with Crippen molar-refractivity contribution in [3.63, 3.8) is 0 Å². The lowest BCUT2D eigenvalue weighted by Crippen LogP contribution is -2.30. The number of carbonyl (C=O) groups excluding carboxylic acids is 3. The zero-order chi connectivity index (χ0) is 52.9. The molecular weight excluding hydrogens is 901 g/mol. The van der Waals surface area contributed by atoms with Gasteiger partial charge in [0.25, 0.3) is 0 Å². The molecule has 6 nitrogen and oxygen atoms in total. The Morgan fingerprint density at radius 3 is 0.918 bits per heavy atom. The molecule has 0 fully saturated rings. The van der Waals surface area contributed by atoms with E-state index in [4.69, 9.17) is 14.2 Å². The highest BCUT2D eigenvalue weighted by molar-refractivity contribution is 5.71. The number of hydrogen-bond acceptors (Lipinski definition) is 6. The van der Waals surface area contributed by atoms with Gasteiger partial charge in [-0.2, -0.15) is 0 Å². The van der Waals surface area contributed by atoms with Crippen molar-refractivity contribution in [1.29, 1.82) is 0 Å². The first-order chi connectivity index (χ1) is 36.0. The molecule has 412 valence electrons. The summed E-state index contributed by atoms with van der Waals surface area (Å²) in [7, 11) is 0. The van der Waals surface area contributed by atoms with E-state index >= 15 is 0 Å². The zero-order valence-electron chi connectivity index (χ0n) is 47.1. The van der Waals surface area contributed by atoms with Gasteiger partial charge in [0.1, 0.15) is 13.2 Å². The summed E-state index contributed by atoms with van der Waals surface area (Å²) in [5.74, 6) is -1.01. The Hall–Kier alpha value is -4.45. The summed E-state index contributed by atoms with van der Waals surface area (Å²) in [5, 5.41) is 0. The largest absolute Gasteiger partial charge is 0.462 e. The van der Waals surface area contributed by atoms with Crippen LogP contribution in [0.5, 0.6) is 0 Å².